The van der Waals surface area contributed by atoms with Gasteiger partial charge in [0.25, 0.3) is 0 Å². The number of nitrogens with zero attached hydrogens (tertiary/aromatic N) is 1. The zero-order chi connectivity index (χ0) is 12.0. The highest BCUT2D eigenvalue weighted by atomic mass is 16.3. The van der Waals surface area contributed by atoms with E-state index in [4.69, 9.17) is 4.42 Å². The van der Waals surface area contributed by atoms with Crippen molar-refractivity contribution in [3.8, 4) is 0 Å². The van der Waals surface area contributed by atoms with E-state index in [1.807, 2.05) is 30.5 Å². The van der Waals surface area contributed by atoms with Crippen LogP contribution in [0.4, 0.5) is 0 Å². The van der Waals surface area contributed by atoms with Crippen LogP contribution in [0.2, 0.25) is 0 Å². The first-order valence-electron chi connectivity index (χ1n) is 5.84. The van der Waals surface area contributed by atoms with Gasteiger partial charge in [-0.3, -0.25) is 4.98 Å². The molecule has 3 rings (SSSR count). The fourth-order valence-corrected chi connectivity index (χ4v) is 2.20. The van der Waals surface area contributed by atoms with E-state index in [0.717, 1.165) is 22.1 Å². The predicted molar refractivity (Wildman–Crippen MR) is 70.2 cm³/mol. The largest absolute Gasteiger partial charge is 0.454 e. The summed E-state index contributed by atoms with van der Waals surface area (Å²) in [7, 11) is 0. The molecule has 17 heavy (non-hydrogen) atoms. The Morgan fingerprint density at radius 2 is 1.82 bits per heavy atom. The summed E-state index contributed by atoms with van der Waals surface area (Å²) in [5.41, 5.74) is 4.06. The van der Waals surface area contributed by atoms with Crippen LogP contribution in [0.25, 0.3) is 22.1 Å². The van der Waals surface area contributed by atoms with E-state index >= 15 is 0 Å². The van der Waals surface area contributed by atoms with Crippen molar-refractivity contribution in [1.82, 2.24) is 4.98 Å². The molecule has 0 fully saturated rings. The van der Waals surface area contributed by atoms with E-state index < -0.39 is 0 Å². The monoisotopic (exact) mass is 225 g/mol. The lowest BCUT2D eigenvalue weighted by Gasteiger charge is -2.18. The van der Waals surface area contributed by atoms with Gasteiger partial charge >= 0.3 is 0 Å². The van der Waals surface area contributed by atoms with Crippen LogP contribution in [0.3, 0.4) is 0 Å². The second-order valence-corrected chi connectivity index (χ2v) is 5.38. The second kappa shape index (κ2) is 3.33. The minimum absolute atomic E-state index is 0.0645. The average Bonchev–Trinajstić information content (AvgIpc) is 2.65. The summed E-state index contributed by atoms with van der Waals surface area (Å²) in [6.07, 6.45) is 1.87. The Morgan fingerprint density at radius 3 is 2.59 bits per heavy atom. The fourth-order valence-electron chi connectivity index (χ4n) is 2.20. The highest BCUT2D eigenvalue weighted by Crippen LogP contribution is 2.34. The molecule has 0 radical (unpaired) electrons. The first-order valence-corrected chi connectivity index (χ1v) is 5.84. The van der Waals surface area contributed by atoms with Gasteiger partial charge in [0, 0.05) is 17.1 Å². The lowest BCUT2D eigenvalue weighted by molar-refractivity contribution is 0.572. The highest BCUT2D eigenvalue weighted by Gasteiger charge is 2.20. The van der Waals surface area contributed by atoms with Crippen LogP contribution >= 0.6 is 0 Å². The van der Waals surface area contributed by atoms with E-state index in [1.165, 1.54) is 5.56 Å². The number of benzene rings is 1. The SMILES string of the molecule is CC(C)(C)c1ccnc2c1oc1ccccc12. The van der Waals surface area contributed by atoms with Gasteiger partial charge in [-0.1, -0.05) is 32.9 Å². The molecule has 0 atom stereocenters. The molecular formula is C15H15NO. The molecule has 0 amide bonds. The number of pyridine rings is 1. The molecule has 0 aliphatic heterocycles. The maximum atomic E-state index is 5.95. The Bertz CT molecular complexity index is 689. The third kappa shape index (κ3) is 1.52. The Kier molecular flexibility index (Phi) is 2.02. The normalized spacial score (nSPS) is 12.4. The Morgan fingerprint density at radius 1 is 1.06 bits per heavy atom. The Hall–Kier alpha value is -1.83. The van der Waals surface area contributed by atoms with Gasteiger partial charge in [-0.2, -0.15) is 0 Å². The smallest absolute Gasteiger partial charge is 0.157 e. The van der Waals surface area contributed by atoms with Crippen LogP contribution in [-0.4, -0.2) is 4.98 Å². The molecule has 0 aliphatic carbocycles. The van der Waals surface area contributed by atoms with Gasteiger partial charge < -0.3 is 4.42 Å². The van der Waals surface area contributed by atoms with Crippen molar-refractivity contribution in [3.63, 3.8) is 0 Å². The van der Waals surface area contributed by atoms with E-state index in [2.05, 4.69) is 31.8 Å². The summed E-state index contributed by atoms with van der Waals surface area (Å²) in [5, 5.41) is 1.09. The molecule has 0 spiro atoms. The van der Waals surface area contributed by atoms with Gasteiger partial charge in [-0.25, -0.2) is 0 Å². The van der Waals surface area contributed by atoms with Crippen molar-refractivity contribution in [2.75, 3.05) is 0 Å². The zero-order valence-electron chi connectivity index (χ0n) is 10.3. The molecule has 86 valence electrons. The first kappa shape index (κ1) is 10.3. The second-order valence-electron chi connectivity index (χ2n) is 5.38. The number of aromatic nitrogens is 1. The molecule has 2 nitrogen and oxygen atoms in total. The van der Waals surface area contributed by atoms with Crippen molar-refractivity contribution in [1.29, 1.82) is 0 Å². The highest BCUT2D eigenvalue weighted by molar-refractivity contribution is 6.03. The number of rotatable bonds is 0. The van der Waals surface area contributed by atoms with Crippen LogP contribution in [0.15, 0.2) is 40.9 Å². The standard InChI is InChI=1S/C15H15NO/c1-15(2,3)11-8-9-16-13-10-6-4-5-7-12(10)17-14(11)13/h4-9H,1-3H3. The van der Waals surface area contributed by atoms with Gasteiger partial charge in [0.2, 0.25) is 0 Å². The lowest BCUT2D eigenvalue weighted by Crippen LogP contribution is -2.11. The van der Waals surface area contributed by atoms with Crippen LogP contribution in [0.1, 0.15) is 26.3 Å². The molecule has 3 aromatic rings. The topological polar surface area (TPSA) is 26.0 Å². The number of fused-ring (bicyclic) bond motifs is 3. The van der Waals surface area contributed by atoms with Gasteiger partial charge in [0.15, 0.2) is 5.58 Å². The van der Waals surface area contributed by atoms with E-state index in [-0.39, 0.29) is 5.41 Å². The van der Waals surface area contributed by atoms with Crippen LogP contribution < -0.4 is 0 Å². The summed E-state index contributed by atoms with van der Waals surface area (Å²) in [4.78, 5) is 4.45. The molecule has 0 bridgehead atoms. The van der Waals surface area contributed by atoms with Crippen LogP contribution in [0.5, 0.6) is 0 Å². The van der Waals surface area contributed by atoms with Gasteiger partial charge in [-0.15, -0.1) is 0 Å². The Labute approximate surface area is 100 Å². The molecule has 2 heterocycles. The Balaban J connectivity index is 2.48. The van der Waals surface area contributed by atoms with E-state index in [9.17, 15) is 0 Å². The summed E-state index contributed by atoms with van der Waals surface area (Å²) in [6.45, 7) is 6.57. The number of hydrogen-bond donors (Lipinski definition) is 0. The predicted octanol–water partition coefficient (Wildman–Crippen LogP) is 4.28. The summed E-state index contributed by atoms with van der Waals surface area (Å²) in [5.74, 6) is 0. The van der Waals surface area contributed by atoms with E-state index in [0.29, 0.717) is 0 Å². The van der Waals surface area contributed by atoms with Crippen molar-refractivity contribution >= 4 is 22.1 Å². The first-order chi connectivity index (χ1) is 8.07. The molecule has 0 saturated carbocycles. The zero-order valence-corrected chi connectivity index (χ0v) is 10.3. The number of furan rings is 1. The van der Waals surface area contributed by atoms with Crippen LogP contribution in [-0.2, 0) is 5.41 Å². The average molecular weight is 225 g/mol. The summed E-state index contributed by atoms with van der Waals surface area (Å²) >= 11 is 0. The van der Waals surface area contributed by atoms with Crippen molar-refractivity contribution in [2.45, 2.75) is 26.2 Å². The maximum absolute atomic E-state index is 5.95. The number of hydrogen-bond acceptors (Lipinski definition) is 2. The van der Waals surface area contributed by atoms with Gasteiger partial charge in [0.05, 0.1) is 0 Å². The molecule has 0 unspecified atom stereocenters. The van der Waals surface area contributed by atoms with Gasteiger partial charge in [0.1, 0.15) is 11.1 Å². The fraction of sp³-hybridized carbons (Fsp3) is 0.267. The van der Waals surface area contributed by atoms with Gasteiger partial charge in [-0.05, 0) is 23.6 Å². The summed E-state index contributed by atoms with van der Waals surface area (Å²) in [6, 6.07) is 10.1. The minimum atomic E-state index is 0.0645. The molecule has 2 aromatic heterocycles. The third-order valence-electron chi connectivity index (χ3n) is 3.07. The molecule has 2 heteroatoms. The molecule has 0 saturated heterocycles. The number of para-hydroxylation sites is 1. The third-order valence-corrected chi connectivity index (χ3v) is 3.07. The maximum Gasteiger partial charge on any atom is 0.157 e. The van der Waals surface area contributed by atoms with Crippen LogP contribution in [0, 0.1) is 0 Å². The molecular weight excluding hydrogens is 210 g/mol. The van der Waals surface area contributed by atoms with Crippen molar-refractivity contribution < 1.29 is 4.42 Å². The molecule has 0 N–H and O–H groups in total. The quantitative estimate of drug-likeness (QED) is 0.570. The summed E-state index contributed by atoms with van der Waals surface area (Å²) < 4.78 is 5.95. The minimum Gasteiger partial charge on any atom is -0.454 e. The molecule has 0 aliphatic rings. The van der Waals surface area contributed by atoms with Crippen molar-refractivity contribution in [3.05, 3.63) is 42.1 Å². The lowest BCUT2D eigenvalue weighted by atomic mass is 9.87. The van der Waals surface area contributed by atoms with E-state index in [1.54, 1.807) is 0 Å². The van der Waals surface area contributed by atoms with Crippen molar-refractivity contribution in [2.24, 2.45) is 0 Å². The molecule has 1 aromatic carbocycles.